The number of carbonyl (C=O) groups excluding carboxylic acids is 1. The first kappa shape index (κ1) is 14.9. The molecule has 2 aliphatic rings. The Labute approximate surface area is 131 Å². The molecule has 1 aromatic rings. The molecule has 0 bridgehead atoms. The van der Waals surface area contributed by atoms with Gasteiger partial charge in [0, 0.05) is 24.2 Å². The zero-order valence-electron chi connectivity index (χ0n) is 12.4. The Morgan fingerprint density at radius 2 is 2.05 bits per heavy atom. The van der Waals surface area contributed by atoms with Crippen LogP contribution >= 0.6 is 11.6 Å². The summed E-state index contributed by atoms with van der Waals surface area (Å²) in [6.45, 7) is 2.85. The lowest BCUT2D eigenvalue weighted by Crippen LogP contribution is -2.42. The molecule has 1 atom stereocenters. The number of nitrogens with zero attached hydrogens (tertiary/aromatic N) is 1. The molecule has 1 N–H and O–H groups in total. The van der Waals surface area contributed by atoms with Crippen molar-refractivity contribution in [3.05, 3.63) is 34.9 Å². The lowest BCUT2D eigenvalue weighted by atomic mass is 10.1. The fourth-order valence-corrected chi connectivity index (χ4v) is 3.19. The van der Waals surface area contributed by atoms with Gasteiger partial charge in [-0.15, -0.1) is 0 Å². The summed E-state index contributed by atoms with van der Waals surface area (Å²) in [5, 5.41) is 4.18. The predicted molar refractivity (Wildman–Crippen MR) is 85.5 cm³/mol. The van der Waals surface area contributed by atoms with Gasteiger partial charge >= 0.3 is 0 Å². The molecule has 2 fully saturated rings. The molecule has 0 aromatic heterocycles. The van der Waals surface area contributed by atoms with Gasteiger partial charge in [-0.3, -0.25) is 4.79 Å². The summed E-state index contributed by atoms with van der Waals surface area (Å²) in [5.74, 6) is 0.935. The Hall–Kier alpha value is -1.06. The molecule has 1 aliphatic heterocycles. The standard InChI is InChI=1S/C17H23ClN2O/c18-16-6-2-1-4-14(16)10-17(21)20(11-13-7-8-13)12-15-5-3-9-19-15/h1-2,4,6,13,15,19H,3,5,7-12H2. The number of hydrogen-bond donors (Lipinski definition) is 1. The molecule has 3 rings (SSSR count). The number of rotatable bonds is 6. The molecule has 1 saturated carbocycles. The van der Waals surface area contributed by atoms with Crippen LogP contribution in [0.3, 0.4) is 0 Å². The van der Waals surface area contributed by atoms with Crippen molar-refractivity contribution in [2.75, 3.05) is 19.6 Å². The first-order valence-corrected chi connectivity index (χ1v) is 8.35. The minimum Gasteiger partial charge on any atom is -0.341 e. The normalized spacial score (nSPS) is 21.5. The van der Waals surface area contributed by atoms with E-state index in [0.717, 1.165) is 31.1 Å². The monoisotopic (exact) mass is 306 g/mol. The van der Waals surface area contributed by atoms with Crippen LogP contribution in [-0.2, 0) is 11.2 Å². The zero-order valence-corrected chi connectivity index (χ0v) is 13.1. The SMILES string of the molecule is O=C(Cc1ccccc1Cl)N(CC1CC1)CC1CCCN1. The topological polar surface area (TPSA) is 32.3 Å². The molecule has 114 valence electrons. The van der Waals surface area contributed by atoms with Gasteiger partial charge in [0.2, 0.25) is 5.91 Å². The maximum Gasteiger partial charge on any atom is 0.227 e. The molecule has 1 unspecified atom stereocenters. The van der Waals surface area contributed by atoms with Gasteiger partial charge in [-0.25, -0.2) is 0 Å². The number of carbonyl (C=O) groups is 1. The molecule has 4 heteroatoms. The molecular weight excluding hydrogens is 284 g/mol. The molecule has 1 heterocycles. The number of halogens is 1. The van der Waals surface area contributed by atoms with E-state index in [2.05, 4.69) is 10.2 Å². The van der Waals surface area contributed by atoms with E-state index in [1.807, 2.05) is 24.3 Å². The van der Waals surface area contributed by atoms with Crippen molar-refractivity contribution in [3.63, 3.8) is 0 Å². The summed E-state index contributed by atoms with van der Waals surface area (Å²) in [7, 11) is 0. The van der Waals surface area contributed by atoms with E-state index >= 15 is 0 Å². The molecule has 0 radical (unpaired) electrons. The highest BCUT2D eigenvalue weighted by Gasteiger charge is 2.29. The maximum absolute atomic E-state index is 12.7. The maximum atomic E-state index is 12.7. The van der Waals surface area contributed by atoms with Crippen LogP contribution in [0.4, 0.5) is 0 Å². The average molecular weight is 307 g/mol. The third-order valence-electron chi connectivity index (χ3n) is 4.43. The molecule has 1 aromatic carbocycles. The zero-order chi connectivity index (χ0) is 14.7. The fourth-order valence-electron chi connectivity index (χ4n) is 2.99. The lowest BCUT2D eigenvalue weighted by Gasteiger charge is -2.26. The summed E-state index contributed by atoms with van der Waals surface area (Å²) in [6, 6.07) is 8.12. The van der Waals surface area contributed by atoms with Crippen molar-refractivity contribution in [3.8, 4) is 0 Å². The number of benzene rings is 1. The molecule has 1 aliphatic carbocycles. The van der Waals surface area contributed by atoms with E-state index < -0.39 is 0 Å². The second-order valence-corrected chi connectivity index (χ2v) is 6.71. The van der Waals surface area contributed by atoms with Crippen LogP contribution in [0, 0.1) is 5.92 Å². The molecular formula is C17H23ClN2O. The fraction of sp³-hybridized carbons (Fsp3) is 0.588. The lowest BCUT2D eigenvalue weighted by molar-refractivity contribution is -0.131. The molecule has 21 heavy (non-hydrogen) atoms. The van der Waals surface area contributed by atoms with Crippen LogP contribution in [0.5, 0.6) is 0 Å². The van der Waals surface area contributed by atoms with Crippen LogP contribution < -0.4 is 5.32 Å². The van der Waals surface area contributed by atoms with Crippen molar-refractivity contribution >= 4 is 17.5 Å². The molecule has 3 nitrogen and oxygen atoms in total. The molecule has 1 amide bonds. The van der Waals surface area contributed by atoms with E-state index in [-0.39, 0.29) is 5.91 Å². The van der Waals surface area contributed by atoms with Crippen molar-refractivity contribution in [2.24, 2.45) is 5.92 Å². The number of amides is 1. The van der Waals surface area contributed by atoms with Crippen molar-refractivity contribution < 1.29 is 4.79 Å². The average Bonchev–Trinajstić information content (AvgIpc) is 3.14. The van der Waals surface area contributed by atoms with Gasteiger partial charge in [0.05, 0.1) is 6.42 Å². The van der Waals surface area contributed by atoms with Crippen LogP contribution in [0.15, 0.2) is 24.3 Å². The highest BCUT2D eigenvalue weighted by Crippen LogP contribution is 2.30. The van der Waals surface area contributed by atoms with Crippen molar-refractivity contribution in [1.82, 2.24) is 10.2 Å². The number of hydrogen-bond acceptors (Lipinski definition) is 2. The quantitative estimate of drug-likeness (QED) is 0.876. The van der Waals surface area contributed by atoms with Gasteiger partial charge in [0.15, 0.2) is 0 Å². The minimum atomic E-state index is 0.212. The third-order valence-corrected chi connectivity index (χ3v) is 4.80. The first-order chi connectivity index (χ1) is 10.2. The minimum absolute atomic E-state index is 0.212. The van der Waals surface area contributed by atoms with E-state index in [4.69, 9.17) is 11.6 Å². The molecule has 0 spiro atoms. The van der Waals surface area contributed by atoms with Crippen molar-refractivity contribution in [1.29, 1.82) is 0 Å². The Kier molecular flexibility index (Phi) is 4.81. The Morgan fingerprint density at radius 3 is 2.71 bits per heavy atom. The summed E-state index contributed by atoms with van der Waals surface area (Å²) in [4.78, 5) is 14.7. The van der Waals surface area contributed by atoms with Gasteiger partial charge in [-0.05, 0) is 49.8 Å². The second kappa shape index (κ2) is 6.80. The summed E-state index contributed by atoms with van der Waals surface area (Å²) in [5.41, 5.74) is 0.935. The molecule has 1 saturated heterocycles. The van der Waals surface area contributed by atoms with Crippen LogP contribution in [-0.4, -0.2) is 36.5 Å². The van der Waals surface area contributed by atoms with Gasteiger partial charge in [0.25, 0.3) is 0 Å². The van der Waals surface area contributed by atoms with E-state index in [0.29, 0.717) is 17.5 Å². The third kappa shape index (κ3) is 4.21. The Balaban J connectivity index is 1.63. The number of nitrogens with one attached hydrogen (secondary N) is 1. The van der Waals surface area contributed by atoms with Gasteiger partial charge < -0.3 is 10.2 Å². The smallest absolute Gasteiger partial charge is 0.227 e. The second-order valence-electron chi connectivity index (χ2n) is 6.30. The van der Waals surface area contributed by atoms with Crippen LogP contribution in [0.1, 0.15) is 31.2 Å². The predicted octanol–water partition coefficient (Wildman–Crippen LogP) is 2.87. The van der Waals surface area contributed by atoms with Crippen molar-refractivity contribution in [2.45, 2.75) is 38.1 Å². The Morgan fingerprint density at radius 1 is 1.24 bits per heavy atom. The summed E-state index contributed by atoms with van der Waals surface area (Å²) in [6.07, 6.45) is 5.36. The first-order valence-electron chi connectivity index (χ1n) is 7.97. The van der Waals surface area contributed by atoms with Gasteiger partial charge in [-0.1, -0.05) is 29.8 Å². The highest BCUT2D eigenvalue weighted by molar-refractivity contribution is 6.31. The summed E-state index contributed by atoms with van der Waals surface area (Å²) < 4.78 is 0. The largest absolute Gasteiger partial charge is 0.341 e. The van der Waals surface area contributed by atoms with E-state index in [9.17, 15) is 4.79 Å². The van der Waals surface area contributed by atoms with Gasteiger partial charge in [0.1, 0.15) is 0 Å². The van der Waals surface area contributed by atoms with Gasteiger partial charge in [-0.2, -0.15) is 0 Å². The summed E-state index contributed by atoms with van der Waals surface area (Å²) >= 11 is 6.18. The van der Waals surface area contributed by atoms with Crippen LogP contribution in [0.25, 0.3) is 0 Å². The van der Waals surface area contributed by atoms with E-state index in [1.54, 1.807) is 0 Å². The highest BCUT2D eigenvalue weighted by atomic mass is 35.5. The van der Waals surface area contributed by atoms with Crippen LogP contribution in [0.2, 0.25) is 5.02 Å². The van der Waals surface area contributed by atoms with E-state index in [1.165, 1.54) is 25.7 Å². The Bertz CT molecular complexity index is 495.